The fraction of sp³-hybridized carbons (Fsp3) is 0.519. The summed E-state index contributed by atoms with van der Waals surface area (Å²) in [6, 6.07) is 4.86. The third kappa shape index (κ3) is 7.34. The number of likely N-dealkylation sites (tertiary alicyclic amines) is 1. The molecule has 2 aliphatic heterocycles. The number of imidazole rings is 1. The van der Waals surface area contributed by atoms with Crippen LogP contribution in [0.4, 0.5) is 0 Å². The van der Waals surface area contributed by atoms with Gasteiger partial charge in [0.15, 0.2) is 0 Å². The van der Waals surface area contributed by atoms with Crippen molar-refractivity contribution in [2.45, 2.75) is 50.7 Å². The van der Waals surface area contributed by atoms with Crippen LogP contribution < -0.4 is 20.7 Å². The zero-order valence-corrected chi connectivity index (χ0v) is 22.4. The van der Waals surface area contributed by atoms with E-state index in [0.29, 0.717) is 18.0 Å². The van der Waals surface area contributed by atoms with Gasteiger partial charge in [0.2, 0.25) is 17.7 Å². The van der Waals surface area contributed by atoms with Crippen molar-refractivity contribution < 1.29 is 23.9 Å². The van der Waals surface area contributed by atoms with Crippen molar-refractivity contribution in [2.24, 2.45) is 0 Å². The van der Waals surface area contributed by atoms with E-state index in [4.69, 9.17) is 4.74 Å². The van der Waals surface area contributed by atoms with Gasteiger partial charge in [0.05, 0.1) is 24.9 Å². The third-order valence-corrected chi connectivity index (χ3v) is 7.23. The maximum Gasteiger partial charge on any atom is 0.255 e. The van der Waals surface area contributed by atoms with E-state index < -0.39 is 29.8 Å². The highest BCUT2D eigenvalue weighted by atomic mass is 16.5. The van der Waals surface area contributed by atoms with Gasteiger partial charge in [-0.15, -0.1) is 0 Å². The van der Waals surface area contributed by atoms with Gasteiger partial charge in [-0.25, -0.2) is 4.98 Å². The summed E-state index contributed by atoms with van der Waals surface area (Å²) in [6.45, 7) is 4.75. The molecular weight excluding hydrogens is 502 g/mol. The lowest BCUT2D eigenvalue weighted by Gasteiger charge is -2.27. The van der Waals surface area contributed by atoms with E-state index in [-0.39, 0.29) is 43.5 Å². The van der Waals surface area contributed by atoms with Crippen LogP contribution in [0.2, 0.25) is 0 Å². The minimum atomic E-state index is -1.15. The number of hydrogen-bond acceptors (Lipinski definition) is 7. The van der Waals surface area contributed by atoms with Crippen LogP contribution in [0.3, 0.4) is 0 Å². The second kappa shape index (κ2) is 13.2. The molecule has 1 saturated heterocycles. The summed E-state index contributed by atoms with van der Waals surface area (Å²) in [6.07, 6.45) is 4.98. The van der Waals surface area contributed by atoms with Crippen LogP contribution in [0.1, 0.15) is 42.2 Å². The number of para-hydroxylation sites is 1. The number of nitrogens with one attached hydrogen (secondary N) is 4. The van der Waals surface area contributed by atoms with E-state index in [1.807, 2.05) is 0 Å². The molecule has 12 heteroatoms. The van der Waals surface area contributed by atoms with Crippen LogP contribution in [-0.4, -0.2) is 101 Å². The number of aromatic nitrogens is 2. The Morgan fingerprint density at radius 1 is 1.18 bits per heavy atom. The number of H-pyrrole nitrogens is 1. The lowest BCUT2D eigenvalue weighted by Crippen LogP contribution is -2.54. The molecule has 0 radical (unpaired) electrons. The summed E-state index contributed by atoms with van der Waals surface area (Å²) >= 11 is 0. The second-order valence-corrected chi connectivity index (χ2v) is 9.91. The Bertz CT molecular complexity index is 1160. The van der Waals surface area contributed by atoms with Crippen LogP contribution in [0, 0.1) is 0 Å². The average Bonchev–Trinajstić information content (AvgIpc) is 3.62. The average molecular weight is 540 g/mol. The predicted molar refractivity (Wildman–Crippen MR) is 143 cm³/mol. The quantitative estimate of drug-likeness (QED) is 0.406. The number of amides is 4. The smallest absolute Gasteiger partial charge is 0.255 e. The van der Waals surface area contributed by atoms with Crippen LogP contribution in [-0.2, 0) is 20.8 Å². The van der Waals surface area contributed by atoms with E-state index in [1.54, 1.807) is 37.5 Å². The van der Waals surface area contributed by atoms with E-state index in [2.05, 4.69) is 37.7 Å². The molecule has 1 fully saturated rings. The van der Waals surface area contributed by atoms with Gasteiger partial charge in [-0.3, -0.25) is 24.1 Å². The van der Waals surface area contributed by atoms with Crippen LogP contribution in [0.5, 0.6) is 5.75 Å². The normalized spacial score (nSPS) is 23.3. The number of nitrogens with zero attached hydrogens (tertiary/aromatic N) is 3. The first-order chi connectivity index (χ1) is 18.9. The molecular formula is C27H37N7O5. The van der Waals surface area contributed by atoms with Crippen molar-refractivity contribution in [3.63, 3.8) is 0 Å². The van der Waals surface area contributed by atoms with Crippen molar-refractivity contribution in [2.75, 3.05) is 39.8 Å². The Kier molecular flexibility index (Phi) is 9.53. The highest BCUT2D eigenvalue weighted by molar-refractivity contribution is 6.01. The maximum absolute atomic E-state index is 13.3. The molecule has 39 heavy (non-hydrogen) atoms. The van der Waals surface area contributed by atoms with Crippen LogP contribution >= 0.6 is 0 Å². The zero-order valence-electron chi connectivity index (χ0n) is 22.4. The molecule has 0 spiro atoms. The highest BCUT2D eigenvalue weighted by Crippen LogP contribution is 2.19. The van der Waals surface area contributed by atoms with Gasteiger partial charge < -0.3 is 30.6 Å². The Balaban J connectivity index is 1.56. The first-order valence-electron chi connectivity index (χ1n) is 13.4. The van der Waals surface area contributed by atoms with Gasteiger partial charge in [0.1, 0.15) is 24.4 Å². The Labute approximate surface area is 227 Å². The fourth-order valence-electron chi connectivity index (χ4n) is 5.03. The number of benzene rings is 1. The molecule has 1 aromatic heterocycles. The molecule has 4 amide bonds. The third-order valence-electron chi connectivity index (χ3n) is 7.23. The van der Waals surface area contributed by atoms with Crippen LogP contribution in [0.15, 0.2) is 36.8 Å². The summed E-state index contributed by atoms with van der Waals surface area (Å²) in [7, 11) is 1.63. The number of rotatable bonds is 6. The molecule has 2 aliphatic rings. The SMILES string of the molecule is CCN1CCC[C@H]1CNC(=O)[C@@H]1CC(=O)N[C@@H](Cc2cnc[nH]2)C(=O)N(C)CCOc2ccccc2C(=O)N1. The number of carbonyl (C=O) groups is 4. The molecule has 3 heterocycles. The van der Waals surface area contributed by atoms with Crippen molar-refractivity contribution in [1.82, 2.24) is 35.7 Å². The number of hydrogen-bond donors (Lipinski definition) is 4. The number of likely N-dealkylation sites (N-methyl/N-ethyl adjacent to an activating group) is 2. The summed E-state index contributed by atoms with van der Waals surface area (Å²) in [5.41, 5.74) is 0.916. The molecule has 4 rings (SSSR count). The first-order valence-corrected chi connectivity index (χ1v) is 13.4. The number of carbonyl (C=O) groups excluding carboxylic acids is 4. The molecule has 1 aromatic carbocycles. The summed E-state index contributed by atoms with van der Waals surface area (Å²) in [4.78, 5) is 63.8. The molecule has 0 bridgehead atoms. The van der Waals surface area contributed by atoms with Crippen LogP contribution in [0.25, 0.3) is 0 Å². The lowest BCUT2D eigenvalue weighted by molar-refractivity contribution is -0.136. The first kappa shape index (κ1) is 28.1. The molecule has 4 N–H and O–H groups in total. The maximum atomic E-state index is 13.3. The van der Waals surface area contributed by atoms with Gasteiger partial charge >= 0.3 is 0 Å². The molecule has 0 saturated carbocycles. The molecule has 0 unspecified atom stereocenters. The summed E-state index contributed by atoms with van der Waals surface area (Å²) in [5.74, 6) is -1.49. The Morgan fingerprint density at radius 2 is 2.00 bits per heavy atom. The van der Waals surface area contributed by atoms with Gasteiger partial charge in [-0.1, -0.05) is 19.1 Å². The Morgan fingerprint density at radius 3 is 2.77 bits per heavy atom. The van der Waals surface area contributed by atoms with Gasteiger partial charge in [-0.2, -0.15) is 0 Å². The van der Waals surface area contributed by atoms with Gasteiger partial charge in [0, 0.05) is 37.9 Å². The van der Waals surface area contributed by atoms with E-state index in [1.165, 1.54) is 11.2 Å². The predicted octanol–water partition coefficient (Wildman–Crippen LogP) is 0.0770. The minimum absolute atomic E-state index is 0.135. The highest BCUT2D eigenvalue weighted by Gasteiger charge is 2.31. The van der Waals surface area contributed by atoms with Crippen molar-refractivity contribution in [1.29, 1.82) is 0 Å². The monoisotopic (exact) mass is 539 g/mol. The molecule has 12 nitrogen and oxygen atoms in total. The molecule has 0 aliphatic carbocycles. The number of ether oxygens (including phenoxy) is 1. The van der Waals surface area contributed by atoms with Crippen molar-refractivity contribution >= 4 is 23.6 Å². The number of fused-ring (bicyclic) bond motifs is 1. The number of aromatic amines is 1. The summed E-state index contributed by atoms with van der Waals surface area (Å²) < 4.78 is 5.85. The second-order valence-electron chi connectivity index (χ2n) is 9.91. The summed E-state index contributed by atoms with van der Waals surface area (Å²) in [5, 5.41) is 8.41. The molecule has 210 valence electrons. The largest absolute Gasteiger partial charge is 0.491 e. The lowest BCUT2D eigenvalue weighted by atomic mass is 10.1. The Hall–Kier alpha value is -3.93. The fourth-order valence-corrected chi connectivity index (χ4v) is 5.03. The van der Waals surface area contributed by atoms with Gasteiger partial charge in [0.25, 0.3) is 5.91 Å². The minimum Gasteiger partial charge on any atom is -0.491 e. The molecule has 3 atom stereocenters. The standard InChI is InChI=1S/C27H37N7O5/c1-3-34-10-6-7-19(34)16-29-26(37)21-14-24(35)31-22(13-18-15-28-17-30-18)27(38)33(2)11-12-39-23-9-5-4-8-20(23)25(36)32-21/h4-5,8-9,15,17,19,21-22H,3,6-7,10-14,16H2,1-2H3,(H,28,30)(H,29,37)(H,31,35)(H,32,36)/t19-,21-,22-/m0/s1. The van der Waals surface area contributed by atoms with E-state index in [0.717, 1.165) is 25.9 Å². The van der Waals surface area contributed by atoms with Gasteiger partial charge in [-0.05, 0) is 38.1 Å². The molecule has 2 aromatic rings. The zero-order chi connectivity index (χ0) is 27.8. The van der Waals surface area contributed by atoms with E-state index >= 15 is 0 Å². The topological polar surface area (TPSA) is 149 Å². The van der Waals surface area contributed by atoms with Crippen molar-refractivity contribution in [3.05, 3.63) is 48.0 Å². The van der Waals surface area contributed by atoms with Crippen molar-refractivity contribution in [3.8, 4) is 5.75 Å². The van der Waals surface area contributed by atoms with E-state index in [9.17, 15) is 19.2 Å².